The number of carboxylic acids is 1. The summed E-state index contributed by atoms with van der Waals surface area (Å²) in [5.41, 5.74) is 3.02. The highest BCUT2D eigenvalue weighted by Gasteiger charge is 2.24. The number of fused-ring (bicyclic) bond motifs is 4. The lowest BCUT2D eigenvalue weighted by molar-refractivity contribution is -0.142. The number of hydrogen-bond acceptors (Lipinski definition) is 5. The number of amides is 1. The average molecular weight is 445 g/mol. The Bertz CT molecular complexity index is 1450. The molecule has 0 radical (unpaired) electrons. The molecule has 0 fully saturated rings. The van der Waals surface area contributed by atoms with Gasteiger partial charge in [-0.3, -0.25) is 4.79 Å². The highest BCUT2D eigenvalue weighted by molar-refractivity contribution is 5.97. The number of benzene rings is 2. The summed E-state index contributed by atoms with van der Waals surface area (Å²) < 4.78 is 11.5. The normalized spacial score (nSPS) is 14.2. The zero-order chi connectivity index (χ0) is 23.1. The summed E-state index contributed by atoms with van der Waals surface area (Å²) in [6.07, 6.45) is 3.79. The van der Waals surface area contributed by atoms with Crippen LogP contribution in [-0.4, -0.2) is 17.0 Å². The van der Waals surface area contributed by atoms with Crippen molar-refractivity contribution in [2.24, 2.45) is 0 Å². The quantitative estimate of drug-likeness (QED) is 0.445. The number of aryl methyl sites for hydroxylation is 3. The van der Waals surface area contributed by atoms with Crippen LogP contribution in [0.15, 0.2) is 56.1 Å². The van der Waals surface area contributed by atoms with E-state index in [0.29, 0.717) is 22.3 Å². The molecule has 33 heavy (non-hydrogen) atoms. The maximum absolute atomic E-state index is 12.7. The fourth-order valence-electron chi connectivity index (χ4n) is 4.65. The van der Waals surface area contributed by atoms with E-state index in [2.05, 4.69) is 5.32 Å². The van der Waals surface area contributed by atoms with Crippen molar-refractivity contribution in [2.75, 3.05) is 0 Å². The third-order valence-electron chi connectivity index (χ3n) is 6.39. The van der Waals surface area contributed by atoms with Gasteiger partial charge in [0.15, 0.2) is 6.04 Å². The predicted molar refractivity (Wildman–Crippen MR) is 122 cm³/mol. The lowest BCUT2D eigenvalue weighted by Crippen LogP contribution is -2.35. The van der Waals surface area contributed by atoms with E-state index in [4.69, 9.17) is 8.83 Å². The van der Waals surface area contributed by atoms with Crippen LogP contribution in [0.25, 0.3) is 21.9 Å². The molecular formula is C26H23NO6. The Labute approximate surface area is 189 Å². The van der Waals surface area contributed by atoms with Gasteiger partial charge in [-0.05, 0) is 43.4 Å². The van der Waals surface area contributed by atoms with Crippen LogP contribution in [0.3, 0.4) is 0 Å². The molecule has 5 rings (SSSR count). The molecule has 7 heteroatoms. The van der Waals surface area contributed by atoms with E-state index in [1.807, 2.05) is 6.07 Å². The molecule has 0 spiro atoms. The Morgan fingerprint density at radius 2 is 1.76 bits per heavy atom. The molecule has 2 heterocycles. The lowest BCUT2D eigenvalue weighted by Gasteiger charge is -2.15. The van der Waals surface area contributed by atoms with E-state index < -0.39 is 23.5 Å². The summed E-state index contributed by atoms with van der Waals surface area (Å²) >= 11 is 0. The van der Waals surface area contributed by atoms with Crippen molar-refractivity contribution in [3.05, 3.63) is 80.9 Å². The summed E-state index contributed by atoms with van der Waals surface area (Å²) in [6, 6.07) is 10.9. The molecule has 1 aliphatic carbocycles. The number of rotatable bonds is 5. The SMILES string of the molecule is Cc1c(CC(=O)N[C@H](C(=O)O)c2ccccc2)c(=O)oc2cc3oc4c(c3cc12)CCCC4. The number of carbonyl (C=O) groups is 2. The van der Waals surface area contributed by atoms with Crippen LogP contribution in [0, 0.1) is 6.92 Å². The molecule has 4 aromatic rings. The molecule has 2 aromatic carbocycles. The second-order valence-electron chi connectivity index (χ2n) is 8.47. The van der Waals surface area contributed by atoms with E-state index in [1.165, 1.54) is 5.56 Å². The molecule has 0 bridgehead atoms. The maximum Gasteiger partial charge on any atom is 0.340 e. The number of furan rings is 1. The Kier molecular flexibility index (Phi) is 5.24. The van der Waals surface area contributed by atoms with Gasteiger partial charge in [-0.15, -0.1) is 0 Å². The fourth-order valence-corrected chi connectivity index (χ4v) is 4.65. The number of hydrogen-bond donors (Lipinski definition) is 2. The molecule has 1 atom stereocenters. The minimum atomic E-state index is -1.21. The molecule has 2 aromatic heterocycles. The molecule has 1 aliphatic rings. The summed E-state index contributed by atoms with van der Waals surface area (Å²) in [6.45, 7) is 1.78. The van der Waals surface area contributed by atoms with Gasteiger partial charge >= 0.3 is 11.6 Å². The Hall–Kier alpha value is -3.87. The van der Waals surface area contributed by atoms with E-state index in [-0.39, 0.29) is 12.0 Å². The standard InChI is InChI=1S/C26H23NO6/c1-14-17-11-19-16-9-5-6-10-20(16)32-22(19)13-21(17)33-26(31)18(14)12-23(28)27-24(25(29)30)15-7-3-2-4-8-15/h2-4,7-8,11,13,24H,5-6,9-10,12H2,1H3,(H,27,28)(H,29,30)/t24-/m0/s1. The summed E-state index contributed by atoms with van der Waals surface area (Å²) in [4.78, 5) is 37.2. The van der Waals surface area contributed by atoms with Crippen molar-refractivity contribution in [2.45, 2.75) is 45.1 Å². The molecule has 2 N–H and O–H groups in total. The number of carbonyl (C=O) groups excluding carboxylic acids is 1. The van der Waals surface area contributed by atoms with E-state index in [9.17, 15) is 19.5 Å². The van der Waals surface area contributed by atoms with Crippen LogP contribution in [-0.2, 0) is 28.9 Å². The Morgan fingerprint density at radius 3 is 2.52 bits per heavy atom. The fraction of sp³-hybridized carbons (Fsp3) is 0.269. The van der Waals surface area contributed by atoms with Gasteiger partial charge < -0.3 is 19.3 Å². The minimum absolute atomic E-state index is 0.217. The zero-order valence-electron chi connectivity index (χ0n) is 18.1. The zero-order valence-corrected chi connectivity index (χ0v) is 18.1. The van der Waals surface area contributed by atoms with Crippen molar-refractivity contribution < 1.29 is 23.5 Å². The monoisotopic (exact) mass is 445 g/mol. The second-order valence-corrected chi connectivity index (χ2v) is 8.47. The highest BCUT2D eigenvalue weighted by Crippen LogP contribution is 2.35. The maximum atomic E-state index is 12.7. The van der Waals surface area contributed by atoms with Gasteiger partial charge in [0, 0.05) is 28.8 Å². The second kappa shape index (κ2) is 8.24. The summed E-state index contributed by atoms with van der Waals surface area (Å²) in [5.74, 6) is -0.751. The van der Waals surface area contributed by atoms with Gasteiger partial charge in [-0.1, -0.05) is 30.3 Å². The molecule has 0 saturated carbocycles. The van der Waals surface area contributed by atoms with Gasteiger partial charge in [0.25, 0.3) is 0 Å². The van der Waals surface area contributed by atoms with Crippen LogP contribution >= 0.6 is 0 Å². The van der Waals surface area contributed by atoms with Crippen LogP contribution < -0.4 is 10.9 Å². The van der Waals surface area contributed by atoms with E-state index in [0.717, 1.165) is 42.2 Å². The van der Waals surface area contributed by atoms with Crippen molar-refractivity contribution in [3.63, 3.8) is 0 Å². The highest BCUT2D eigenvalue weighted by atomic mass is 16.4. The van der Waals surface area contributed by atoms with Gasteiger partial charge in [0.05, 0.1) is 12.0 Å². The summed E-state index contributed by atoms with van der Waals surface area (Å²) in [5, 5.41) is 13.8. The molecule has 0 saturated heterocycles. The van der Waals surface area contributed by atoms with Gasteiger partial charge in [0.2, 0.25) is 5.91 Å². The van der Waals surface area contributed by atoms with Crippen molar-refractivity contribution >= 4 is 33.8 Å². The van der Waals surface area contributed by atoms with Crippen LogP contribution in [0.4, 0.5) is 0 Å². The largest absolute Gasteiger partial charge is 0.479 e. The Morgan fingerprint density at radius 1 is 1.03 bits per heavy atom. The first-order chi connectivity index (χ1) is 15.9. The molecule has 0 aliphatic heterocycles. The lowest BCUT2D eigenvalue weighted by atomic mass is 9.94. The van der Waals surface area contributed by atoms with Gasteiger partial charge in [-0.2, -0.15) is 0 Å². The minimum Gasteiger partial charge on any atom is -0.479 e. The first kappa shape index (κ1) is 21.0. The molecular weight excluding hydrogens is 422 g/mol. The van der Waals surface area contributed by atoms with Gasteiger partial charge in [-0.25, -0.2) is 9.59 Å². The van der Waals surface area contributed by atoms with E-state index in [1.54, 1.807) is 43.3 Å². The smallest absolute Gasteiger partial charge is 0.340 e. The third-order valence-corrected chi connectivity index (χ3v) is 6.39. The van der Waals surface area contributed by atoms with E-state index >= 15 is 0 Å². The molecule has 7 nitrogen and oxygen atoms in total. The number of aliphatic carboxylic acids is 1. The van der Waals surface area contributed by atoms with Crippen molar-refractivity contribution in [1.82, 2.24) is 5.32 Å². The molecule has 1 amide bonds. The van der Waals surface area contributed by atoms with Crippen LogP contribution in [0.1, 0.15) is 46.9 Å². The van der Waals surface area contributed by atoms with Crippen molar-refractivity contribution in [1.29, 1.82) is 0 Å². The number of nitrogens with one attached hydrogen (secondary N) is 1. The first-order valence-corrected chi connectivity index (χ1v) is 11.0. The predicted octanol–water partition coefficient (Wildman–Crippen LogP) is 4.21. The first-order valence-electron chi connectivity index (χ1n) is 11.0. The topological polar surface area (TPSA) is 110 Å². The molecule has 168 valence electrons. The van der Waals surface area contributed by atoms with Crippen LogP contribution in [0.5, 0.6) is 0 Å². The summed E-state index contributed by atoms with van der Waals surface area (Å²) in [7, 11) is 0. The van der Waals surface area contributed by atoms with Crippen LogP contribution in [0.2, 0.25) is 0 Å². The van der Waals surface area contributed by atoms with Crippen molar-refractivity contribution in [3.8, 4) is 0 Å². The Balaban J connectivity index is 1.50. The third kappa shape index (κ3) is 3.80. The number of carboxylic acid groups (broad SMARTS) is 1. The average Bonchev–Trinajstić information content (AvgIpc) is 3.17. The van der Waals surface area contributed by atoms with Gasteiger partial charge in [0.1, 0.15) is 16.9 Å². The molecule has 0 unspecified atom stereocenters.